The number of methoxy groups -OCH3 is 2. The van der Waals surface area contributed by atoms with Gasteiger partial charge >= 0.3 is 5.97 Å². The van der Waals surface area contributed by atoms with Gasteiger partial charge in [0.2, 0.25) is 5.91 Å². The van der Waals surface area contributed by atoms with Crippen LogP contribution in [0.25, 0.3) is 0 Å². The van der Waals surface area contributed by atoms with E-state index >= 15 is 0 Å². The van der Waals surface area contributed by atoms with Crippen molar-refractivity contribution in [3.63, 3.8) is 0 Å². The Labute approximate surface area is 168 Å². The van der Waals surface area contributed by atoms with Crippen molar-refractivity contribution < 1.29 is 23.9 Å². The van der Waals surface area contributed by atoms with E-state index in [1.54, 1.807) is 48.5 Å². The molecule has 28 heavy (non-hydrogen) atoms. The van der Waals surface area contributed by atoms with Crippen LogP contribution in [0.3, 0.4) is 0 Å². The lowest BCUT2D eigenvalue weighted by Gasteiger charge is -2.17. The Hall–Kier alpha value is -3.06. The minimum absolute atomic E-state index is 0.175. The molecule has 0 spiro atoms. The van der Waals surface area contributed by atoms with E-state index in [9.17, 15) is 14.4 Å². The van der Waals surface area contributed by atoms with Crippen molar-refractivity contribution in [1.82, 2.24) is 10.6 Å². The van der Waals surface area contributed by atoms with E-state index in [1.807, 2.05) is 0 Å². The van der Waals surface area contributed by atoms with Crippen LogP contribution in [0.2, 0.25) is 5.02 Å². The lowest BCUT2D eigenvalue weighted by atomic mass is 10.1. The molecule has 0 aliphatic rings. The molecular formula is C20H21ClN2O5. The van der Waals surface area contributed by atoms with Crippen LogP contribution in [0.5, 0.6) is 5.75 Å². The summed E-state index contributed by atoms with van der Waals surface area (Å²) in [5, 5.41) is 5.47. The number of hydrogen-bond donors (Lipinski definition) is 2. The molecule has 1 atom stereocenters. The molecule has 0 aliphatic heterocycles. The zero-order valence-corrected chi connectivity index (χ0v) is 16.3. The summed E-state index contributed by atoms with van der Waals surface area (Å²) < 4.78 is 9.85. The van der Waals surface area contributed by atoms with Crippen LogP contribution in [0.4, 0.5) is 0 Å². The van der Waals surface area contributed by atoms with Gasteiger partial charge in [0.1, 0.15) is 11.8 Å². The molecular weight excluding hydrogens is 384 g/mol. The van der Waals surface area contributed by atoms with Crippen LogP contribution >= 0.6 is 11.6 Å². The molecule has 0 saturated carbocycles. The molecule has 0 radical (unpaired) electrons. The van der Waals surface area contributed by atoms with Crippen LogP contribution in [0.15, 0.2) is 48.5 Å². The number of halogens is 1. The van der Waals surface area contributed by atoms with Crippen LogP contribution in [-0.2, 0) is 20.7 Å². The van der Waals surface area contributed by atoms with Crippen molar-refractivity contribution in [2.45, 2.75) is 12.5 Å². The second kappa shape index (κ2) is 10.3. The Kier molecular flexibility index (Phi) is 7.83. The van der Waals surface area contributed by atoms with Gasteiger partial charge in [-0.2, -0.15) is 0 Å². The normalized spacial score (nSPS) is 11.2. The molecule has 0 aliphatic carbocycles. The Bertz CT molecular complexity index is 842. The summed E-state index contributed by atoms with van der Waals surface area (Å²) in [5.74, 6) is -0.992. The summed E-state index contributed by atoms with van der Waals surface area (Å²) in [6.07, 6.45) is 0.175. The highest BCUT2D eigenvalue weighted by atomic mass is 35.5. The first kappa shape index (κ1) is 21.2. The molecule has 0 unspecified atom stereocenters. The fourth-order valence-electron chi connectivity index (χ4n) is 2.51. The monoisotopic (exact) mass is 404 g/mol. The quantitative estimate of drug-likeness (QED) is 0.656. The van der Waals surface area contributed by atoms with E-state index in [4.69, 9.17) is 21.1 Å². The lowest BCUT2D eigenvalue weighted by molar-refractivity contribution is -0.144. The molecule has 8 heteroatoms. The first-order chi connectivity index (χ1) is 13.4. The van der Waals surface area contributed by atoms with Gasteiger partial charge in [0.25, 0.3) is 5.91 Å². The maximum absolute atomic E-state index is 12.2. The third-order valence-corrected chi connectivity index (χ3v) is 4.22. The Balaban J connectivity index is 1.97. The number of esters is 1. The van der Waals surface area contributed by atoms with Gasteiger partial charge in [-0.1, -0.05) is 35.9 Å². The Morgan fingerprint density at radius 3 is 2.39 bits per heavy atom. The predicted molar refractivity (Wildman–Crippen MR) is 104 cm³/mol. The third-order valence-electron chi connectivity index (χ3n) is 3.92. The van der Waals surface area contributed by atoms with Gasteiger partial charge in [0.15, 0.2) is 0 Å². The van der Waals surface area contributed by atoms with Crippen LogP contribution in [0.1, 0.15) is 15.9 Å². The van der Waals surface area contributed by atoms with Gasteiger partial charge in [0.05, 0.1) is 25.8 Å². The fourth-order valence-corrected chi connectivity index (χ4v) is 2.79. The number of carbonyl (C=O) groups excluding carboxylic acids is 3. The zero-order valence-electron chi connectivity index (χ0n) is 15.5. The van der Waals surface area contributed by atoms with Crippen LogP contribution in [-0.4, -0.2) is 44.6 Å². The first-order valence-corrected chi connectivity index (χ1v) is 8.85. The van der Waals surface area contributed by atoms with E-state index in [1.165, 1.54) is 14.2 Å². The van der Waals surface area contributed by atoms with Crippen LogP contribution < -0.4 is 15.4 Å². The highest BCUT2D eigenvalue weighted by molar-refractivity contribution is 6.32. The second-order valence-electron chi connectivity index (χ2n) is 5.86. The number of carbonyl (C=O) groups is 3. The van der Waals surface area contributed by atoms with Gasteiger partial charge in [-0.25, -0.2) is 4.79 Å². The van der Waals surface area contributed by atoms with Gasteiger partial charge in [-0.3, -0.25) is 9.59 Å². The van der Waals surface area contributed by atoms with E-state index in [0.29, 0.717) is 16.3 Å². The minimum Gasteiger partial charge on any atom is -0.495 e. The van der Waals surface area contributed by atoms with E-state index in [0.717, 1.165) is 5.56 Å². The number of nitrogens with one attached hydrogen (secondary N) is 2. The van der Waals surface area contributed by atoms with Gasteiger partial charge in [-0.05, 0) is 29.8 Å². The standard InChI is InChI=1S/C20H21ClN2O5/c1-27-17-9-8-13(10-15(17)21)11-16(20(26)28-2)23-18(24)12-22-19(25)14-6-4-3-5-7-14/h3-10,16H,11-12H2,1-2H3,(H,22,25)(H,23,24)/t16-/m0/s1. The number of benzene rings is 2. The number of ether oxygens (including phenoxy) is 2. The maximum Gasteiger partial charge on any atom is 0.328 e. The van der Waals surface area contributed by atoms with Crippen molar-refractivity contribution in [2.75, 3.05) is 20.8 Å². The molecule has 0 fully saturated rings. The van der Waals surface area contributed by atoms with Crippen molar-refractivity contribution in [2.24, 2.45) is 0 Å². The van der Waals surface area contributed by atoms with Crippen molar-refractivity contribution in [3.8, 4) is 5.75 Å². The molecule has 0 saturated heterocycles. The largest absolute Gasteiger partial charge is 0.495 e. The van der Waals surface area contributed by atoms with Gasteiger partial charge in [0, 0.05) is 12.0 Å². The van der Waals surface area contributed by atoms with Crippen molar-refractivity contribution in [3.05, 3.63) is 64.7 Å². The fraction of sp³-hybridized carbons (Fsp3) is 0.250. The van der Waals surface area contributed by atoms with Gasteiger partial charge in [-0.15, -0.1) is 0 Å². The summed E-state index contributed by atoms with van der Waals surface area (Å²) in [7, 11) is 2.74. The molecule has 0 bridgehead atoms. The van der Waals surface area contributed by atoms with E-state index in [-0.39, 0.29) is 18.9 Å². The average Bonchev–Trinajstić information content (AvgIpc) is 2.71. The number of hydrogen-bond acceptors (Lipinski definition) is 5. The topological polar surface area (TPSA) is 93.7 Å². The highest BCUT2D eigenvalue weighted by Gasteiger charge is 2.22. The Morgan fingerprint density at radius 2 is 1.79 bits per heavy atom. The summed E-state index contributed by atoms with van der Waals surface area (Å²) >= 11 is 6.10. The summed E-state index contributed by atoms with van der Waals surface area (Å²) in [5.41, 5.74) is 1.16. The predicted octanol–water partition coefficient (Wildman–Crippen LogP) is 1.98. The van der Waals surface area contributed by atoms with Crippen LogP contribution in [0, 0.1) is 0 Å². The lowest BCUT2D eigenvalue weighted by Crippen LogP contribution is -2.47. The third kappa shape index (κ3) is 5.99. The number of rotatable bonds is 8. The molecule has 0 aromatic heterocycles. The highest BCUT2D eigenvalue weighted by Crippen LogP contribution is 2.25. The summed E-state index contributed by atoms with van der Waals surface area (Å²) in [6, 6.07) is 12.7. The average molecular weight is 405 g/mol. The molecule has 2 rings (SSSR count). The van der Waals surface area contributed by atoms with Gasteiger partial charge < -0.3 is 20.1 Å². The molecule has 2 amide bonds. The van der Waals surface area contributed by atoms with E-state index < -0.39 is 17.9 Å². The van der Waals surface area contributed by atoms with Crippen molar-refractivity contribution >= 4 is 29.4 Å². The number of amides is 2. The summed E-state index contributed by atoms with van der Waals surface area (Å²) in [6.45, 7) is -0.273. The maximum atomic E-state index is 12.2. The molecule has 0 heterocycles. The molecule has 7 nitrogen and oxygen atoms in total. The van der Waals surface area contributed by atoms with Crippen molar-refractivity contribution in [1.29, 1.82) is 0 Å². The SMILES string of the molecule is COC(=O)[C@H](Cc1ccc(OC)c(Cl)c1)NC(=O)CNC(=O)c1ccccc1. The summed E-state index contributed by atoms with van der Waals surface area (Å²) in [4.78, 5) is 36.2. The Morgan fingerprint density at radius 1 is 1.07 bits per heavy atom. The smallest absolute Gasteiger partial charge is 0.328 e. The zero-order chi connectivity index (χ0) is 20.5. The molecule has 2 aromatic rings. The first-order valence-electron chi connectivity index (χ1n) is 8.47. The minimum atomic E-state index is -0.921. The second-order valence-corrected chi connectivity index (χ2v) is 6.27. The molecule has 148 valence electrons. The van der Waals surface area contributed by atoms with E-state index in [2.05, 4.69) is 10.6 Å². The molecule has 2 N–H and O–H groups in total. The molecule has 2 aromatic carbocycles.